The van der Waals surface area contributed by atoms with Crippen LogP contribution in [0.3, 0.4) is 0 Å². The number of benzene rings is 2. The van der Waals surface area contributed by atoms with Crippen LogP contribution in [0.1, 0.15) is 10.4 Å². The van der Waals surface area contributed by atoms with Crippen LogP contribution in [0.25, 0.3) is 10.9 Å². The van der Waals surface area contributed by atoms with E-state index in [1.54, 1.807) is 0 Å². The monoisotopic (exact) mass is 398 g/mol. The number of rotatable bonds is 5. The van der Waals surface area contributed by atoms with Gasteiger partial charge in [-0.15, -0.1) is 0 Å². The van der Waals surface area contributed by atoms with E-state index in [2.05, 4.69) is 9.72 Å². The quantitative estimate of drug-likeness (QED) is 0.604. The van der Waals surface area contributed by atoms with Crippen LogP contribution in [0.15, 0.2) is 47.5 Å². The van der Waals surface area contributed by atoms with Crippen LogP contribution >= 0.6 is 23.2 Å². The van der Waals surface area contributed by atoms with Gasteiger partial charge in [0.25, 0.3) is 5.56 Å². The lowest BCUT2D eigenvalue weighted by molar-refractivity contribution is -0.0498. The van der Waals surface area contributed by atoms with E-state index in [1.165, 1.54) is 42.7 Å². The summed E-state index contributed by atoms with van der Waals surface area (Å²) in [4.78, 5) is 29.0. The summed E-state index contributed by atoms with van der Waals surface area (Å²) in [5.41, 5.74) is 0.0615. The number of Topliss-reactive ketones (excluding diaryl/α,β-unsaturated/α-hetero) is 1. The molecule has 0 amide bonds. The van der Waals surface area contributed by atoms with E-state index in [-0.39, 0.29) is 33.3 Å². The largest absolute Gasteiger partial charge is 0.435 e. The summed E-state index contributed by atoms with van der Waals surface area (Å²) < 4.78 is 29.6. The molecule has 9 heteroatoms. The molecule has 0 aliphatic heterocycles. The Hall–Kier alpha value is -2.51. The molecule has 0 aliphatic carbocycles. The normalized spacial score (nSPS) is 11.1. The van der Waals surface area contributed by atoms with Gasteiger partial charge in [-0.1, -0.05) is 23.2 Å². The van der Waals surface area contributed by atoms with Crippen molar-refractivity contribution in [2.75, 3.05) is 0 Å². The molecule has 1 heterocycles. The second-order valence-electron chi connectivity index (χ2n) is 5.29. The molecule has 0 spiro atoms. The third-order valence-electron chi connectivity index (χ3n) is 3.56. The summed E-state index contributed by atoms with van der Waals surface area (Å²) in [5, 5.41) is 0.705. The van der Waals surface area contributed by atoms with Gasteiger partial charge in [0.05, 0.1) is 28.8 Å². The summed E-state index contributed by atoms with van der Waals surface area (Å²) in [6.07, 6.45) is 1.22. The minimum atomic E-state index is -2.95. The Kier molecular flexibility index (Phi) is 5.20. The van der Waals surface area contributed by atoms with Crippen LogP contribution in [-0.2, 0) is 6.54 Å². The molecule has 0 atom stereocenters. The SMILES string of the molecule is O=C(Cn1cnc2c(Cl)cc(Cl)cc2c1=O)c1ccc(OC(F)F)cc1. The number of carbonyl (C=O) groups excluding carboxylic acids is 1. The van der Waals surface area contributed by atoms with E-state index >= 15 is 0 Å². The Morgan fingerprint density at radius 2 is 1.88 bits per heavy atom. The summed E-state index contributed by atoms with van der Waals surface area (Å²) in [6.45, 7) is -3.22. The van der Waals surface area contributed by atoms with Gasteiger partial charge in [-0.25, -0.2) is 4.98 Å². The first kappa shape index (κ1) is 18.3. The highest BCUT2D eigenvalue weighted by Gasteiger charge is 2.13. The van der Waals surface area contributed by atoms with Crippen molar-refractivity contribution in [3.63, 3.8) is 0 Å². The second kappa shape index (κ2) is 7.39. The lowest BCUT2D eigenvalue weighted by atomic mass is 10.1. The van der Waals surface area contributed by atoms with Gasteiger partial charge in [-0.05, 0) is 36.4 Å². The summed E-state index contributed by atoms with van der Waals surface area (Å²) in [5.74, 6) is -0.463. The standard InChI is InChI=1S/C17H10Cl2F2N2O3/c18-10-5-12-15(13(19)6-10)22-8-23(16(12)25)7-14(24)9-1-3-11(4-2-9)26-17(20)21/h1-6,8,17H,7H2. The minimum absolute atomic E-state index is 0.0645. The van der Waals surface area contributed by atoms with Crippen LogP contribution in [0.2, 0.25) is 10.0 Å². The molecule has 0 radical (unpaired) electrons. The molecule has 0 bridgehead atoms. The van der Waals surface area contributed by atoms with Gasteiger partial charge in [0.15, 0.2) is 5.78 Å². The number of carbonyl (C=O) groups is 1. The average molecular weight is 399 g/mol. The van der Waals surface area contributed by atoms with Gasteiger partial charge in [-0.2, -0.15) is 8.78 Å². The van der Waals surface area contributed by atoms with Crippen LogP contribution in [0, 0.1) is 0 Å². The van der Waals surface area contributed by atoms with E-state index in [9.17, 15) is 18.4 Å². The molecule has 5 nitrogen and oxygen atoms in total. The summed E-state index contributed by atoms with van der Waals surface area (Å²) in [6, 6.07) is 8.08. The van der Waals surface area contributed by atoms with Crippen molar-refractivity contribution < 1.29 is 18.3 Å². The fourth-order valence-electron chi connectivity index (χ4n) is 2.38. The molecule has 0 unspecified atom stereocenters. The number of hydrogen-bond acceptors (Lipinski definition) is 4. The van der Waals surface area contributed by atoms with Crippen LogP contribution in [-0.4, -0.2) is 21.9 Å². The van der Waals surface area contributed by atoms with Crippen LogP contribution in [0.5, 0.6) is 5.75 Å². The zero-order chi connectivity index (χ0) is 18.8. The number of halogens is 4. The number of fused-ring (bicyclic) bond motifs is 1. The van der Waals surface area contributed by atoms with Crippen molar-refractivity contribution in [2.24, 2.45) is 0 Å². The predicted molar refractivity (Wildman–Crippen MR) is 93.4 cm³/mol. The molecule has 3 rings (SSSR count). The lowest BCUT2D eigenvalue weighted by Gasteiger charge is -2.08. The molecule has 26 heavy (non-hydrogen) atoms. The van der Waals surface area contributed by atoms with E-state index in [4.69, 9.17) is 23.2 Å². The van der Waals surface area contributed by atoms with Gasteiger partial charge in [0, 0.05) is 10.6 Å². The van der Waals surface area contributed by atoms with Crippen molar-refractivity contribution >= 4 is 39.9 Å². The number of ether oxygens (including phenoxy) is 1. The third kappa shape index (κ3) is 3.84. The first-order valence-corrected chi connectivity index (χ1v) is 8.03. The van der Waals surface area contributed by atoms with Crippen molar-refractivity contribution in [3.05, 3.63) is 68.7 Å². The molecule has 0 fully saturated rings. The van der Waals surface area contributed by atoms with Crippen molar-refractivity contribution in [1.82, 2.24) is 9.55 Å². The molecule has 134 valence electrons. The highest BCUT2D eigenvalue weighted by atomic mass is 35.5. The Bertz CT molecular complexity index is 1040. The van der Waals surface area contributed by atoms with E-state index < -0.39 is 18.0 Å². The average Bonchev–Trinajstić information content (AvgIpc) is 2.58. The smallest absolute Gasteiger partial charge is 0.387 e. The fourth-order valence-corrected chi connectivity index (χ4v) is 2.92. The third-order valence-corrected chi connectivity index (χ3v) is 4.07. The van der Waals surface area contributed by atoms with E-state index in [1.807, 2.05) is 0 Å². The van der Waals surface area contributed by atoms with Gasteiger partial charge in [0.1, 0.15) is 5.75 Å². The fraction of sp³-hybridized carbons (Fsp3) is 0.118. The number of nitrogens with zero attached hydrogens (tertiary/aromatic N) is 2. The van der Waals surface area contributed by atoms with Gasteiger partial charge in [-0.3, -0.25) is 14.2 Å². The second-order valence-corrected chi connectivity index (χ2v) is 6.13. The lowest BCUT2D eigenvalue weighted by Crippen LogP contribution is -2.24. The molecule has 0 saturated carbocycles. The Balaban J connectivity index is 1.87. The first-order valence-electron chi connectivity index (χ1n) is 7.27. The van der Waals surface area contributed by atoms with Gasteiger partial charge in [0.2, 0.25) is 0 Å². The summed E-state index contributed by atoms with van der Waals surface area (Å²) in [7, 11) is 0. The van der Waals surface area contributed by atoms with E-state index in [0.29, 0.717) is 5.52 Å². The van der Waals surface area contributed by atoms with Crippen LogP contribution in [0.4, 0.5) is 8.78 Å². The zero-order valence-corrected chi connectivity index (χ0v) is 14.5. The maximum absolute atomic E-state index is 12.5. The highest BCUT2D eigenvalue weighted by Crippen LogP contribution is 2.24. The van der Waals surface area contributed by atoms with Crippen molar-refractivity contribution in [3.8, 4) is 5.75 Å². The Labute approximate surface area is 155 Å². The Morgan fingerprint density at radius 1 is 1.19 bits per heavy atom. The molecular weight excluding hydrogens is 389 g/mol. The first-order chi connectivity index (χ1) is 12.3. The van der Waals surface area contributed by atoms with E-state index in [0.717, 1.165) is 4.57 Å². The number of aromatic nitrogens is 2. The number of alkyl halides is 2. The Morgan fingerprint density at radius 3 is 2.54 bits per heavy atom. The molecule has 0 N–H and O–H groups in total. The topological polar surface area (TPSA) is 61.2 Å². The van der Waals surface area contributed by atoms with Gasteiger partial charge < -0.3 is 4.74 Å². The molecule has 0 aliphatic rings. The molecular formula is C17H10Cl2F2N2O3. The molecule has 0 saturated heterocycles. The number of hydrogen-bond donors (Lipinski definition) is 0. The molecule has 3 aromatic rings. The highest BCUT2D eigenvalue weighted by molar-refractivity contribution is 6.38. The van der Waals surface area contributed by atoms with Crippen molar-refractivity contribution in [1.29, 1.82) is 0 Å². The van der Waals surface area contributed by atoms with Gasteiger partial charge >= 0.3 is 6.61 Å². The van der Waals surface area contributed by atoms with Crippen molar-refractivity contribution in [2.45, 2.75) is 13.2 Å². The predicted octanol–water partition coefficient (Wildman–Crippen LogP) is 4.19. The maximum Gasteiger partial charge on any atom is 0.387 e. The van der Waals surface area contributed by atoms with Crippen LogP contribution < -0.4 is 10.3 Å². The summed E-state index contributed by atoms with van der Waals surface area (Å²) >= 11 is 11.9. The number of ketones is 1. The zero-order valence-electron chi connectivity index (χ0n) is 13.0. The maximum atomic E-state index is 12.5. The minimum Gasteiger partial charge on any atom is -0.435 e. The molecule has 2 aromatic carbocycles. The molecule has 1 aromatic heterocycles.